The lowest BCUT2D eigenvalue weighted by Crippen LogP contribution is -2.46. The van der Waals surface area contributed by atoms with Crippen LogP contribution in [0.3, 0.4) is 0 Å². The minimum Gasteiger partial charge on any atom is -0.379 e. The van der Waals surface area contributed by atoms with Crippen LogP contribution in [0.25, 0.3) is 0 Å². The number of piperazine rings is 1. The third kappa shape index (κ3) is 6.87. The number of piperidine rings is 2. The number of benzene rings is 1. The van der Waals surface area contributed by atoms with Crippen LogP contribution in [0.2, 0.25) is 0 Å². The standard InChI is InChI=1S/C32H39BrN8O3/c1-38-19-23(15-24(20-38)36-28-17-35-39(2)32(44)30(28)33)22-5-3-21(4-6-22)18-40-11-13-41(14-12-40)25-9-10-34-27(16-25)26-7-8-29(42)37-31(26)43/h3-6,9-10,16-17,23-24,26,36H,7-8,11-15,18-20H2,1-2H3,(H,37,42,43). The molecule has 12 heteroatoms. The largest absolute Gasteiger partial charge is 0.379 e. The number of halogens is 1. The molecule has 0 bridgehead atoms. The Balaban J connectivity index is 1.02. The van der Waals surface area contributed by atoms with Gasteiger partial charge in [0, 0.05) is 77.2 Å². The molecule has 3 aromatic rings. The van der Waals surface area contributed by atoms with Crippen molar-refractivity contribution in [3.8, 4) is 0 Å². The molecule has 2 aromatic heterocycles. The van der Waals surface area contributed by atoms with E-state index < -0.39 is 0 Å². The number of hydrogen-bond acceptors (Lipinski definition) is 9. The lowest BCUT2D eigenvalue weighted by atomic mass is 9.87. The van der Waals surface area contributed by atoms with Crippen molar-refractivity contribution in [1.29, 1.82) is 0 Å². The summed E-state index contributed by atoms with van der Waals surface area (Å²) >= 11 is 3.44. The number of carbonyl (C=O) groups excluding carboxylic acids is 2. The molecule has 3 aliphatic rings. The van der Waals surface area contributed by atoms with Crippen LogP contribution in [0.15, 0.2) is 58.1 Å². The fourth-order valence-corrected chi connectivity index (χ4v) is 7.09. The molecular weight excluding hydrogens is 624 g/mol. The second-order valence-electron chi connectivity index (χ2n) is 12.2. The first-order valence-corrected chi connectivity index (χ1v) is 16.1. The van der Waals surface area contributed by atoms with Crippen LogP contribution in [0, 0.1) is 0 Å². The summed E-state index contributed by atoms with van der Waals surface area (Å²) in [5, 5.41) is 10.2. The number of imide groups is 1. The molecule has 3 fully saturated rings. The zero-order valence-electron chi connectivity index (χ0n) is 25.2. The molecule has 3 atom stereocenters. The predicted octanol–water partition coefficient (Wildman–Crippen LogP) is 2.68. The lowest BCUT2D eigenvalue weighted by Gasteiger charge is -2.37. The zero-order valence-corrected chi connectivity index (χ0v) is 26.8. The van der Waals surface area contributed by atoms with E-state index in [-0.39, 0.29) is 29.3 Å². The highest BCUT2D eigenvalue weighted by Crippen LogP contribution is 2.30. The Morgan fingerprint density at radius 2 is 1.80 bits per heavy atom. The summed E-state index contributed by atoms with van der Waals surface area (Å²) in [5.41, 5.74) is 5.04. The summed E-state index contributed by atoms with van der Waals surface area (Å²) in [7, 11) is 3.80. The van der Waals surface area contributed by atoms with Crippen molar-refractivity contribution < 1.29 is 9.59 Å². The number of hydrogen-bond donors (Lipinski definition) is 2. The van der Waals surface area contributed by atoms with Crippen molar-refractivity contribution in [2.45, 2.75) is 43.7 Å². The maximum atomic E-state index is 12.3. The van der Waals surface area contributed by atoms with Crippen molar-refractivity contribution >= 4 is 39.1 Å². The van der Waals surface area contributed by atoms with Gasteiger partial charge in [0.05, 0.1) is 23.5 Å². The summed E-state index contributed by atoms with van der Waals surface area (Å²) in [6.07, 6.45) is 5.32. The Kier molecular flexibility index (Phi) is 9.11. The molecule has 1 aromatic carbocycles. The van der Waals surface area contributed by atoms with E-state index in [2.05, 4.69) is 82.7 Å². The zero-order chi connectivity index (χ0) is 30.8. The third-order valence-electron chi connectivity index (χ3n) is 9.03. The number of nitrogens with zero attached hydrogens (tertiary/aromatic N) is 6. The fraction of sp³-hybridized carbons (Fsp3) is 0.469. The second kappa shape index (κ2) is 13.2. The molecule has 0 radical (unpaired) electrons. The van der Waals surface area contributed by atoms with Gasteiger partial charge in [-0.2, -0.15) is 5.10 Å². The van der Waals surface area contributed by atoms with Gasteiger partial charge in [0.2, 0.25) is 11.8 Å². The van der Waals surface area contributed by atoms with Gasteiger partial charge in [-0.1, -0.05) is 24.3 Å². The van der Waals surface area contributed by atoms with Gasteiger partial charge in [-0.15, -0.1) is 0 Å². The molecule has 2 amide bonds. The molecule has 232 valence electrons. The number of anilines is 2. The van der Waals surface area contributed by atoms with Crippen LogP contribution in [0.4, 0.5) is 11.4 Å². The molecule has 6 rings (SSSR count). The Morgan fingerprint density at radius 3 is 2.55 bits per heavy atom. The normalized spacial score (nSPS) is 23.4. The minimum atomic E-state index is -0.369. The van der Waals surface area contributed by atoms with Crippen molar-refractivity contribution in [3.05, 3.63) is 80.4 Å². The van der Waals surface area contributed by atoms with Gasteiger partial charge in [-0.05, 0) is 65.0 Å². The Hall–Kier alpha value is -3.61. The fourth-order valence-electron chi connectivity index (χ4n) is 6.61. The number of aryl methyl sites for hydroxylation is 1. The summed E-state index contributed by atoms with van der Waals surface area (Å²) in [6.45, 7) is 6.51. The van der Waals surface area contributed by atoms with Crippen LogP contribution >= 0.6 is 15.9 Å². The summed E-state index contributed by atoms with van der Waals surface area (Å²) < 4.78 is 1.84. The van der Waals surface area contributed by atoms with Gasteiger partial charge in [0.1, 0.15) is 4.47 Å². The van der Waals surface area contributed by atoms with Crippen molar-refractivity contribution in [1.82, 2.24) is 29.9 Å². The van der Waals surface area contributed by atoms with Crippen LogP contribution < -0.4 is 21.1 Å². The maximum absolute atomic E-state index is 12.3. The molecule has 0 saturated carbocycles. The predicted molar refractivity (Wildman–Crippen MR) is 173 cm³/mol. The van der Waals surface area contributed by atoms with E-state index in [4.69, 9.17) is 0 Å². The highest BCUT2D eigenvalue weighted by Gasteiger charge is 2.30. The quantitative estimate of drug-likeness (QED) is 0.369. The highest BCUT2D eigenvalue weighted by atomic mass is 79.9. The smallest absolute Gasteiger partial charge is 0.282 e. The second-order valence-corrected chi connectivity index (χ2v) is 13.0. The molecular formula is C32H39BrN8O3. The van der Waals surface area contributed by atoms with Crippen molar-refractivity contribution in [2.75, 3.05) is 56.5 Å². The molecule has 0 aliphatic carbocycles. The summed E-state index contributed by atoms with van der Waals surface area (Å²) in [6, 6.07) is 13.3. The number of nitrogens with one attached hydrogen (secondary N) is 2. The summed E-state index contributed by atoms with van der Waals surface area (Å²) in [5.74, 6) is -0.430. The summed E-state index contributed by atoms with van der Waals surface area (Å²) in [4.78, 5) is 47.8. The van der Waals surface area contributed by atoms with Crippen molar-refractivity contribution in [2.24, 2.45) is 7.05 Å². The Labute approximate surface area is 265 Å². The van der Waals surface area contributed by atoms with Gasteiger partial charge in [0.25, 0.3) is 5.56 Å². The molecule has 3 unspecified atom stereocenters. The number of rotatable bonds is 7. The van der Waals surface area contributed by atoms with Gasteiger partial charge >= 0.3 is 0 Å². The van der Waals surface area contributed by atoms with E-state index in [0.29, 0.717) is 23.2 Å². The van der Waals surface area contributed by atoms with Gasteiger partial charge in [-0.3, -0.25) is 29.6 Å². The van der Waals surface area contributed by atoms with Crippen LogP contribution in [0.5, 0.6) is 0 Å². The monoisotopic (exact) mass is 662 g/mol. The topological polar surface area (TPSA) is 116 Å². The number of pyridine rings is 1. The van der Waals surface area contributed by atoms with E-state index in [1.807, 2.05) is 12.1 Å². The van der Waals surface area contributed by atoms with E-state index in [0.717, 1.165) is 69.3 Å². The molecule has 2 N–H and O–H groups in total. The molecule has 5 heterocycles. The SMILES string of the molecule is CN1CC(Nc2cnn(C)c(=O)c2Br)CC(c2ccc(CN3CCN(c4ccnc(C5CCC(=O)NC5=O)c4)CC3)cc2)C1. The highest BCUT2D eigenvalue weighted by molar-refractivity contribution is 9.10. The molecule has 11 nitrogen and oxygen atoms in total. The van der Waals surface area contributed by atoms with E-state index >= 15 is 0 Å². The van der Waals surface area contributed by atoms with E-state index in [1.165, 1.54) is 15.8 Å². The average molecular weight is 664 g/mol. The number of amides is 2. The molecule has 3 aliphatic heterocycles. The Morgan fingerprint density at radius 1 is 1.02 bits per heavy atom. The number of carbonyl (C=O) groups is 2. The van der Waals surface area contributed by atoms with Gasteiger partial charge in [0.15, 0.2) is 0 Å². The molecule has 3 saturated heterocycles. The van der Waals surface area contributed by atoms with Crippen LogP contribution in [-0.2, 0) is 23.2 Å². The third-order valence-corrected chi connectivity index (χ3v) is 9.79. The maximum Gasteiger partial charge on any atom is 0.282 e. The number of likely N-dealkylation sites (N-methyl/N-ethyl adjacent to an activating group) is 1. The molecule has 44 heavy (non-hydrogen) atoms. The van der Waals surface area contributed by atoms with E-state index in [9.17, 15) is 14.4 Å². The van der Waals surface area contributed by atoms with Gasteiger partial charge < -0.3 is 15.1 Å². The number of likely N-dealkylation sites (tertiary alicyclic amines) is 1. The Bertz CT molecular complexity index is 1570. The average Bonchev–Trinajstić information content (AvgIpc) is 3.02. The van der Waals surface area contributed by atoms with E-state index in [1.54, 1.807) is 19.4 Å². The number of aromatic nitrogens is 3. The first kappa shape index (κ1) is 30.4. The first-order chi connectivity index (χ1) is 21.2. The lowest BCUT2D eigenvalue weighted by molar-refractivity contribution is -0.134. The first-order valence-electron chi connectivity index (χ1n) is 15.3. The molecule has 0 spiro atoms. The van der Waals surface area contributed by atoms with Gasteiger partial charge in [-0.25, -0.2) is 4.68 Å². The van der Waals surface area contributed by atoms with Crippen LogP contribution in [0.1, 0.15) is 47.9 Å². The van der Waals surface area contributed by atoms with Crippen LogP contribution in [-0.4, -0.2) is 88.7 Å². The van der Waals surface area contributed by atoms with Crippen molar-refractivity contribution in [3.63, 3.8) is 0 Å². The minimum absolute atomic E-state index is 0.149.